The summed E-state index contributed by atoms with van der Waals surface area (Å²) in [5, 5.41) is 12.9. The van der Waals surface area contributed by atoms with Gasteiger partial charge in [0.1, 0.15) is 0 Å². The van der Waals surface area contributed by atoms with Crippen LogP contribution in [0, 0.1) is 0 Å². The van der Waals surface area contributed by atoms with Crippen molar-refractivity contribution in [3.63, 3.8) is 0 Å². The minimum Gasteiger partial charge on any atom is -0.455 e. The van der Waals surface area contributed by atoms with Crippen molar-refractivity contribution in [2.75, 3.05) is 11.9 Å². The van der Waals surface area contributed by atoms with Crippen molar-refractivity contribution >= 4 is 23.3 Å². The van der Waals surface area contributed by atoms with Crippen LogP contribution in [0.1, 0.15) is 55.8 Å². The number of ketones is 1. The molecular weight excluding hydrogens is 310 g/mol. The van der Waals surface area contributed by atoms with Crippen molar-refractivity contribution in [2.45, 2.75) is 51.0 Å². The third-order valence-electron chi connectivity index (χ3n) is 4.21. The molecule has 24 heavy (non-hydrogen) atoms. The lowest BCUT2D eigenvalue weighted by Gasteiger charge is -2.29. The molecule has 0 aromatic heterocycles. The molecule has 1 saturated carbocycles. The summed E-state index contributed by atoms with van der Waals surface area (Å²) in [5.41, 5.74) is -0.466. The second-order valence-electron chi connectivity index (χ2n) is 6.07. The molecule has 0 heterocycles. The van der Waals surface area contributed by atoms with Crippen LogP contribution >= 0.6 is 0 Å². The minimum atomic E-state index is -1.45. The third-order valence-corrected chi connectivity index (χ3v) is 4.21. The molecule has 1 fully saturated rings. The molecule has 1 aromatic carbocycles. The molecular formula is C18H23NO5. The predicted molar refractivity (Wildman–Crippen MR) is 88.7 cm³/mol. The van der Waals surface area contributed by atoms with Crippen molar-refractivity contribution in [1.82, 2.24) is 0 Å². The van der Waals surface area contributed by atoms with Gasteiger partial charge in [-0.25, -0.2) is 4.79 Å². The van der Waals surface area contributed by atoms with Crippen molar-refractivity contribution in [3.05, 3.63) is 29.8 Å². The van der Waals surface area contributed by atoms with Crippen LogP contribution in [0.5, 0.6) is 0 Å². The van der Waals surface area contributed by atoms with E-state index in [1.807, 2.05) is 0 Å². The van der Waals surface area contributed by atoms with Gasteiger partial charge in [0.25, 0.3) is 0 Å². The highest BCUT2D eigenvalue weighted by Gasteiger charge is 2.38. The number of carbonyl (C=O) groups is 3. The number of anilines is 1. The van der Waals surface area contributed by atoms with E-state index in [2.05, 4.69) is 5.32 Å². The molecule has 130 valence electrons. The molecule has 2 rings (SSSR count). The first-order valence-corrected chi connectivity index (χ1v) is 8.27. The molecule has 0 aliphatic heterocycles. The number of benzene rings is 1. The Kier molecular flexibility index (Phi) is 6.09. The van der Waals surface area contributed by atoms with Gasteiger partial charge in [-0.15, -0.1) is 0 Å². The summed E-state index contributed by atoms with van der Waals surface area (Å²) in [5.74, 6) is -1.18. The number of rotatable bonds is 6. The zero-order chi connectivity index (χ0) is 17.6. The highest BCUT2D eigenvalue weighted by molar-refractivity contribution is 5.99. The number of hydrogen-bond donors (Lipinski definition) is 2. The summed E-state index contributed by atoms with van der Waals surface area (Å²) in [6.07, 6.45) is 3.70. The molecule has 0 bridgehead atoms. The van der Waals surface area contributed by atoms with Gasteiger partial charge in [-0.1, -0.05) is 13.3 Å². The molecule has 1 amide bonds. The van der Waals surface area contributed by atoms with Crippen LogP contribution in [0.15, 0.2) is 24.3 Å². The van der Waals surface area contributed by atoms with Crippen molar-refractivity contribution in [1.29, 1.82) is 0 Å². The molecule has 6 nitrogen and oxygen atoms in total. The van der Waals surface area contributed by atoms with Gasteiger partial charge in [0, 0.05) is 17.7 Å². The van der Waals surface area contributed by atoms with Crippen LogP contribution in [-0.4, -0.2) is 35.0 Å². The second-order valence-corrected chi connectivity index (χ2v) is 6.07. The fourth-order valence-corrected chi connectivity index (χ4v) is 2.68. The van der Waals surface area contributed by atoms with Crippen molar-refractivity contribution in [3.8, 4) is 0 Å². The molecule has 0 saturated heterocycles. The normalized spacial score (nSPS) is 16.2. The Morgan fingerprint density at radius 3 is 2.33 bits per heavy atom. The van der Waals surface area contributed by atoms with E-state index in [1.165, 1.54) is 0 Å². The first kappa shape index (κ1) is 18.1. The molecule has 0 radical (unpaired) electrons. The van der Waals surface area contributed by atoms with Crippen LogP contribution in [0.2, 0.25) is 0 Å². The monoisotopic (exact) mass is 333 g/mol. The van der Waals surface area contributed by atoms with Crippen LogP contribution in [0.4, 0.5) is 5.69 Å². The highest BCUT2D eigenvalue weighted by Crippen LogP contribution is 2.29. The lowest BCUT2D eigenvalue weighted by atomic mass is 9.85. The zero-order valence-electron chi connectivity index (χ0n) is 13.8. The molecule has 1 aliphatic rings. The minimum absolute atomic E-state index is 0.108. The molecule has 6 heteroatoms. The number of nitrogens with one attached hydrogen (secondary N) is 1. The zero-order valence-corrected chi connectivity index (χ0v) is 13.8. The SMILES string of the molecule is CCC(=O)Nc1ccc(C(=O)COC(=O)C2(O)CCCCC2)cc1. The van der Waals surface area contributed by atoms with Gasteiger partial charge in [-0.05, 0) is 49.9 Å². The van der Waals surface area contributed by atoms with E-state index in [-0.39, 0.29) is 11.7 Å². The van der Waals surface area contributed by atoms with Crippen LogP contribution in [-0.2, 0) is 14.3 Å². The van der Waals surface area contributed by atoms with Gasteiger partial charge in [-0.3, -0.25) is 9.59 Å². The molecule has 0 atom stereocenters. The number of ether oxygens (including phenoxy) is 1. The Labute approximate surface area is 141 Å². The summed E-state index contributed by atoms with van der Waals surface area (Å²) in [4.78, 5) is 35.4. The maximum absolute atomic E-state index is 12.1. The predicted octanol–water partition coefficient (Wildman–Crippen LogP) is 2.46. The van der Waals surface area contributed by atoms with E-state index in [1.54, 1.807) is 31.2 Å². The summed E-state index contributed by atoms with van der Waals surface area (Å²) >= 11 is 0. The van der Waals surface area contributed by atoms with E-state index in [4.69, 9.17) is 4.74 Å². The summed E-state index contributed by atoms with van der Waals surface area (Å²) < 4.78 is 5.00. The summed E-state index contributed by atoms with van der Waals surface area (Å²) in [6.45, 7) is 1.35. The Balaban J connectivity index is 1.88. The van der Waals surface area contributed by atoms with E-state index < -0.39 is 18.2 Å². The first-order valence-electron chi connectivity index (χ1n) is 8.27. The van der Waals surface area contributed by atoms with Crippen molar-refractivity contribution < 1.29 is 24.2 Å². The number of hydrogen-bond acceptors (Lipinski definition) is 5. The molecule has 1 aliphatic carbocycles. The molecule has 0 unspecified atom stereocenters. The fourth-order valence-electron chi connectivity index (χ4n) is 2.68. The number of esters is 1. The number of aliphatic hydroxyl groups is 1. The Morgan fingerprint density at radius 2 is 1.75 bits per heavy atom. The van der Waals surface area contributed by atoms with Crippen LogP contribution in [0.25, 0.3) is 0 Å². The maximum atomic E-state index is 12.1. The van der Waals surface area contributed by atoms with Crippen LogP contribution in [0.3, 0.4) is 0 Å². The number of Topliss-reactive ketones (excluding diaryl/α,β-unsaturated/α-hetero) is 1. The topological polar surface area (TPSA) is 92.7 Å². The lowest BCUT2D eigenvalue weighted by Crippen LogP contribution is -2.42. The van der Waals surface area contributed by atoms with Crippen molar-refractivity contribution in [2.24, 2.45) is 0 Å². The van der Waals surface area contributed by atoms with Gasteiger partial charge in [-0.2, -0.15) is 0 Å². The smallest absolute Gasteiger partial charge is 0.338 e. The Morgan fingerprint density at radius 1 is 1.12 bits per heavy atom. The van der Waals surface area contributed by atoms with E-state index in [9.17, 15) is 19.5 Å². The van der Waals surface area contributed by atoms with Crippen LogP contribution < -0.4 is 5.32 Å². The quantitative estimate of drug-likeness (QED) is 0.616. The highest BCUT2D eigenvalue weighted by atomic mass is 16.6. The second kappa shape index (κ2) is 8.06. The standard InChI is InChI=1S/C18H23NO5/c1-2-16(21)19-14-8-6-13(7-9-14)15(20)12-24-17(22)18(23)10-4-3-5-11-18/h6-9,23H,2-5,10-12H2,1H3,(H,19,21). The first-order chi connectivity index (χ1) is 11.4. The van der Waals surface area contributed by atoms with Gasteiger partial charge in [0.05, 0.1) is 0 Å². The molecule has 0 spiro atoms. The molecule has 1 aromatic rings. The Hall–Kier alpha value is -2.21. The molecule has 2 N–H and O–H groups in total. The average molecular weight is 333 g/mol. The van der Waals surface area contributed by atoms with Gasteiger partial charge in [0.15, 0.2) is 18.0 Å². The van der Waals surface area contributed by atoms with E-state index in [0.29, 0.717) is 30.5 Å². The largest absolute Gasteiger partial charge is 0.455 e. The van der Waals surface area contributed by atoms with Gasteiger partial charge < -0.3 is 15.2 Å². The summed E-state index contributed by atoms with van der Waals surface area (Å²) in [6, 6.07) is 6.38. The van der Waals surface area contributed by atoms with E-state index >= 15 is 0 Å². The third kappa shape index (κ3) is 4.64. The number of amides is 1. The summed E-state index contributed by atoms with van der Waals surface area (Å²) in [7, 11) is 0. The van der Waals surface area contributed by atoms with Gasteiger partial charge in [0.2, 0.25) is 5.91 Å². The Bertz CT molecular complexity index is 602. The average Bonchev–Trinajstić information content (AvgIpc) is 2.60. The fraction of sp³-hybridized carbons (Fsp3) is 0.500. The van der Waals surface area contributed by atoms with Gasteiger partial charge >= 0.3 is 5.97 Å². The maximum Gasteiger partial charge on any atom is 0.338 e. The number of carbonyl (C=O) groups excluding carboxylic acids is 3. The lowest BCUT2D eigenvalue weighted by molar-refractivity contribution is -0.167. The van der Waals surface area contributed by atoms with E-state index in [0.717, 1.165) is 19.3 Å².